The molecule has 5 heteroatoms. The van der Waals surface area contributed by atoms with E-state index in [0.29, 0.717) is 25.3 Å². The van der Waals surface area contributed by atoms with Gasteiger partial charge in [-0.25, -0.2) is 4.39 Å². The average molecular weight is 411 g/mol. The van der Waals surface area contributed by atoms with Gasteiger partial charge in [-0.3, -0.25) is 9.59 Å². The molecule has 0 bridgehead atoms. The molecule has 0 N–H and O–H groups in total. The first-order valence-corrected chi connectivity index (χ1v) is 10.8. The summed E-state index contributed by atoms with van der Waals surface area (Å²) in [6.07, 6.45) is 3.63. The number of piperidine rings is 1. The molecule has 1 atom stereocenters. The van der Waals surface area contributed by atoms with Crippen molar-refractivity contribution in [2.24, 2.45) is 5.92 Å². The van der Waals surface area contributed by atoms with E-state index in [4.69, 9.17) is 0 Å². The number of ketones is 1. The molecular weight excluding hydrogens is 379 g/mol. The fourth-order valence-corrected chi connectivity index (χ4v) is 4.18. The highest BCUT2D eigenvalue weighted by Gasteiger charge is 2.25. The molecule has 4 nitrogen and oxygen atoms in total. The number of aryl methyl sites for hydroxylation is 1. The van der Waals surface area contributed by atoms with Crippen molar-refractivity contribution in [2.75, 3.05) is 33.2 Å². The molecule has 0 spiro atoms. The second-order valence-electron chi connectivity index (χ2n) is 8.24. The molecule has 0 aliphatic carbocycles. The monoisotopic (exact) mass is 410 g/mol. The molecule has 0 radical (unpaired) electrons. The number of benzene rings is 2. The first-order valence-electron chi connectivity index (χ1n) is 10.8. The molecule has 30 heavy (non-hydrogen) atoms. The first-order chi connectivity index (χ1) is 14.5. The number of Topliss-reactive ketones (excluding diaryl/α,β-unsaturated/α-hetero) is 1. The summed E-state index contributed by atoms with van der Waals surface area (Å²) in [4.78, 5) is 28.7. The fourth-order valence-electron chi connectivity index (χ4n) is 4.18. The molecule has 1 aliphatic heterocycles. The molecule has 160 valence electrons. The van der Waals surface area contributed by atoms with Crippen molar-refractivity contribution in [2.45, 2.75) is 32.1 Å². The van der Waals surface area contributed by atoms with Crippen LogP contribution < -0.4 is 0 Å². The minimum absolute atomic E-state index is 0.148. The standard InChI is InChI=1S/C25H31FN2O2/c1-27(25(30)24(29)14-13-20-8-3-2-4-9-20)18-21-10-7-16-28(19-21)17-15-22-11-5-6-12-23(22)26/h2-6,8-9,11-12,21H,7,10,13-19H2,1H3/t21-/m1/s1. The highest BCUT2D eigenvalue weighted by atomic mass is 19.1. The molecule has 1 heterocycles. The summed E-state index contributed by atoms with van der Waals surface area (Å²) in [6.45, 7) is 3.28. The summed E-state index contributed by atoms with van der Waals surface area (Å²) in [5.41, 5.74) is 1.81. The van der Waals surface area contributed by atoms with Crippen LogP contribution in [0.3, 0.4) is 0 Å². The molecule has 2 aromatic carbocycles. The zero-order chi connectivity index (χ0) is 21.3. The van der Waals surface area contributed by atoms with E-state index in [0.717, 1.165) is 43.6 Å². The molecule has 2 aromatic rings. The van der Waals surface area contributed by atoms with Gasteiger partial charge in [0.2, 0.25) is 5.78 Å². The maximum Gasteiger partial charge on any atom is 0.289 e. The number of hydrogen-bond acceptors (Lipinski definition) is 3. The van der Waals surface area contributed by atoms with E-state index in [1.165, 1.54) is 6.07 Å². The number of rotatable bonds is 9. The summed E-state index contributed by atoms with van der Waals surface area (Å²) in [6, 6.07) is 16.7. The van der Waals surface area contributed by atoms with Crippen molar-refractivity contribution < 1.29 is 14.0 Å². The van der Waals surface area contributed by atoms with Crippen molar-refractivity contribution in [3.8, 4) is 0 Å². The lowest BCUT2D eigenvalue weighted by Gasteiger charge is -2.34. The molecule has 1 saturated heterocycles. The summed E-state index contributed by atoms with van der Waals surface area (Å²) < 4.78 is 13.8. The van der Waals surface area contributed by atoms with Gasteiger partial charge < -0.3 is 9.80 Å². The predicted octanol–water partition coefficient (Wildman–Crippen LogP) is 3.74. The van der Waals surface area contributed by atoms with E-state index in [9.17, 15) is 14.0 Å². The smallest absolute Gasteiger partial charge is 0.289 e. The Morgan fingerprint density at radius 2 is 1.80 bits per heavy atom. The summed E-state index contributed by atoms with van der Waals surface area (Å²) >= 11 is 0. The number of carbonyl (C=O) groups excluding carboxylic acids is 2. The third-order valence-corrected chi connectivity index (χ3v) is 5.86. The zero-order valence-corrected chi connectivity index (χ0v) is 17.7. The minimum atomic E-state index is -0.394. The van der Waals surface area contributed by atoms with Gasteiger partial charge in [0.15, 0.2) is 0 Å². The van der Waals surface area contributed by atoms with Gasteiger partial charge in [-0.05, 0) is 55.3 Å². The summed E-state index contributed by atoms with van der Waals surface area (Å²) in [5.74, 6) is -0.524. The van der Waals surface area contributed by atoms with Crippen LogP contribution in [-0.2, 0) is 22.4 Å². The Kier molecular flexibility index (Phi) is 8.14. The van der Waals surface area contributed by atoms with Gasteiger partial charge in [0.25, 0.3) is 5.91 Å². The Morgan fingerprint density at radius 1 is 1.07 bits per heavy atom. The molecule has 1 amide bonds. The van der Waals surface area contributed by atoms with Crippen LogP contribution >= 0.6 is 0 Å². The highest BCUT2D eigenvalue weighted by molar-refractivity contribution is 6.36. The van der Waals surface area contributed by atoms with Crippen LogP contribution in [0.1, 0.15) is 30.4 Å². The zero-order valence-electron chi connectivity index (χ0n) is 17.7. The number of carbonyl (C=O) groups is 2. The van der Waals surface area contributed by atoms with Crippen LogP contribution in [0, 0.1) is 11.7 Å². The Balaban J connectivity index is 1.43. The van der Waals surface area contributed by atoms with Gasteiger partial charge in [0.1, 0.15) is 5.82 Å². The lowest BCUT2D eigenvalue weighted by Crippen LogP contribution is -2.43. The number of likely N-dealkylation sites (N-methyl/N-ethyl adjacent to an activating group) is 1. The van der Waals surface area contributed by atoms with Gasteiger partial charge in [0, 0.05) is 33.1 Å². The number of amides is 1. The summed E-state index contributed by atoms with van der Waals surface area (Å²) in [5, 5.41) is 0. The highest BCUT2D eigenvalue weighted by Crippen LogP contribution is 2.19. The van der Waals surface area contributed by atoms with Gasteiger partial charge >= 0.3 is 0 Å². The van der Waals surface area contributed by atoms with E-state index in [2.05, 4.69) is 4.90 Å². The number of likely N-dealkylation sites (tertiary alicyclic amines) is 1. The lowest BCUT2D eigenvalue weighted by molar-refractivity contribution is -0.144. The first kappa shape index (κ1) is 22.2. The number of hydrogen-bond donors (Lipinski definition) is 0. The van der Waals surface area contributed by atoms with Crippen molar-refractivity contribution in [1.29, 1.82) is 0 Å². The second kappa shape index (κ2) is 11.0. The number of nitrogens with zero attached hydrogens (tertiary/aromatic N) is 2. The topological polar surface area (TPSA) is 40.6 Å². The molecule has 1 aliphatic rings. The Labute approximate surface area is 178 Å². The second-order valence-corrected chi connectivity index (χ2v) is 8.24. The molecule has 3 rings (SSSR count). The summed E-state index contributed by atoms with van der Waals surface area (Å²) in [7, 11) is 1.72. The van der Waals surface area contributed by atoms with Crippen molar-refractivity contribution >= 4 is 11.7 Å². The lowest BCUT2D eigenvalue weighted by atomic mass is 9.96. The van der Waals surface area contributed by atoms with Crippen LogP contribution in [0.2, 0.25) is 0 Å². The van der Waals surface area contributed by atoms with Gasteiger partial charge in [-0.15, -0.1) is 0 Å². The van der Waals surface area contributed by atoms with E-state index < -0.39 is 5.91 Å². The van der Waals surface area contributed by atoms with Crippen LogP contribution in [-0.4, -0.2) is 54.7 Å². The van der Waals surface area contributed by atoms with Gasteiger partial charge in [-0.1, -0.05) is 48.5 Å². The molecule has 0 saturated carbocycles. The van der Waals surface area contributed by atoms with Crippen LogP contribution in [0.4, 0.5) is 4.39 Å². The predicted molar refractivity (Wildman–Crippen MR) is 117 cm³/mol. The van der Waals surface area contributed by atoms with Crippen LogP contribution in [0.15, 0.2) is 54.6 Å². The van der Waals surface area contributed by atoms with Crippen molar-refractivity contribution in [1.82, 2.24) is 9.80 Å². The maximum absolute atomic E-state index is 13.8. The van der Waals surface area contributed by atoms with Crippen molar-refractivity contribution in [3.63, 3.8) is 0 Å². The van der Waals surface area contributed by atoms with Gasteiger partial charge in [-0.2, -0.15) is 0 Å². The van der Waals surface area contributed by atoms with Crippen LogP contribution in [0.5, 0.6) is 0 Å². The van der Waals surface area contributed by atoms with Crippen LogP contribution in [0.25, 0.3) is 0 Å². The van der Waals surface area contributed by atoms with E-state index in [1.807, 2.05) is 42.5 Å². The molecule has 0 unspecified atom stereocenters. The molecule has 0 aromatic heterocycles. The third-order valence-electron chi connectivity index (χ3n) is 5.86. The van der Waals surface area contributed by atoms with E-state index in [-0.39, 0.29) is 18.0 Å². The van der Waals surface area contributed by atoms with Gasteiger partial charge in [0.05, 0.1) is 0 Å². The van der Waals surface area contributed by atoms with E-state index in [1.54, 1.807) is 18.0 Å². The third kappa shape index (κ3) is 6.49. The molecular formula is C25H31FN2O2. The average Bonchev–Trinajstić information content (AvgIpc) is 2.77. The quantitative estimate of drug-likeness (QED) is 0.592. The largest absolute Gasteiger partial charge is 0.339 e. The Bertz CT molecular complexity index is 840. The number of halogens is 1. The Hall–Kier alpha value is -2.53. The molecule has 1 fully saturated rings. The van der Waals surface area contributed by atoms with E-state index >= 15 is 0 Å². The normalized spacial score (nSPS) is 16.9. The Morgan fingerprint density at radius 3 is 2.57 bits per heavy atom. The SMILES string of the molecule is CN(C[C@H]1CCCN(CCc2ccccc2F)C1)C(=O)C(=O)CCc1ccccc1. The maximum atomic E-state index is 13.8. The van der Waals surface area contributed by atoms with Crippen molar-refractivity contribution in [3.05, 3.63) is 71.5 Å². The minimum Gasteiger partial charge on any atom is -0.339 e. The fraction of sp³-hybridized carbons (Fsp3) is 0.440.